The van der Waals surface area contributed by atoms with Crippen LogP contribution in [0.5, 0.6) is 0 Å². The first-order valence-electron chi connectivity index (χ1n) is 35.3. The Morgan fingerprint density at radius 1 is 0.267 bits per heavy atom. The standard InChI is InChI=1S/C81H130O5/c1-3-5-7-9-11-13-15-17-19-21-23-25-27-29-31-33-35-36-37-38-39-40-41-42-43-44-46-48-50-52-54-56-58-60-62-64-66-68-70-72-74-76-81(84)86-79(77-82)78-85-80(83)75-73-71-69-67-65-63-61-59-57-55-53-51-49-47-45-34-32-30-28-26-24-22-20-18-16-14-12-10-8-6-4-2/h5-8,11-14,17-20,23-26,29-32,35-36,38-39,41-42,45,47,51,53,79,82H,3-4,9-10,15-16,21-22,27-28,33-34,37,40,43-44,46,48-50,52,54-78H2,1-2H3/b7-5-,8-6-,13-11-,14-12-,19-17-,20-18-,25-23-,26-24-,31-29-,32-30-,36-35-,39-38-,42-41-,47-45-,53-51-. The molecule has 1 atom stereocenters. The maximum Gasteiger partial charge on any atom is 0.306 e. The van der Waals surface area contributed by atoms with Gasteiger partial charge in [-0.3, -0.25) is 9.59 Å². The molecule has 0 aliphatic carbocycles. The average molecular weight is 1180 g/mol. The first-order chi connectivity index (χ1) is 42.6. The van der Waals surface area contributed by atoms with Gasteiger partial charge in [0.25, 0.3) is 0 Å². The number of aliphatic hydroxyl groups is 1. The molecule has 86 heavy (non-hydrogen) atoms. The first-order valence-corrected chi connectivity index (χ1v) is 35.3. The monoisotopic (exact) mass is 1180 g/mol. The van der Waals surface area contributed by atoms with E-state index in [0.717, 1.165) is 141 Å². The van der Waals surface area contributed by atoms with Crippen LogP contribution in [0.3, 0.4) is 0 Å². The van der Waals surface area contributed by atoms with E-state index in [1.807, 2.05) is 0 Å². The van der Waals surface area contributed by atoms with E-state index in [1.165, 1.54) is 128 Å². The number of allylic oxidation sites excluding steroid dienone is 30. The van der Waals surface area contributed by atoms with Crippen molar-refractivity contribution in [3.63, 3.8) is 0 Å². The number of rotatable bonds is 63. The summed E-state index contributed by atoms with van der Waals surface area (Å²) < 4.78 is 10.8. The van der Waals surface area contributed by atoms with Gasteiger partial charge in [-0.2, -0.15) is 0 Å². The molecule has 1 unspecified atom stereocenters. The molecule has 0 bridgehead atoms. The largest absolute Gasteiger partial charge is 0.462 e. The maximum atomic E-state index is 12.4. The van der Waals surface area contributed by atoms with Crippen molar-refractivity contribution in [1.29, 1.82) is 0 Å². The number of hydrogen-bond donors (Lipinski definition) is 1. The highest BCUT2D eigenvalue weighted by Crippen LogP contribution is 2.16. The average Bonchev–Trinajstić information content (AvgIpc) is 3.54. The molecule has 484 valence electrons. The van der Waals surface area contributed by atoms with E-state index in [0.29, 0.717) is 12.8 Å². The Hall–Kier alpha value is -5.00. The molecule has 5 heteroatoms. The first kappa shape index (κ1) is 81.0. The topological polar surface area (TPSA) is 72.8 Å². The van der Waals surface area contributed by atoms with Crippen LogP contribution >= 0.6 is 0 Å². The lowest BCUT2D eigenvalue weighted by Crippen LogP contribution is -2.28. The Morgan fingerprint density at radius 2 is 0.465 bits per heavy atom. The minimum Gasteiger partial charge on any atom is -0.462 e. The molecular weight excluding hydrogens is 1050 g/mol. The van der Waals surface area contributed by atoms with Gasteiger partial charge < -0.3 is 14.6 Å². The highest BCUT2D eigenvalue weighted by molar-refractivity contribution is 5.70. The van der Waals surface area contributed by atoms with Crippen molar-refractivity contribution < 1.29 is 24.2 Å². The molecule has 0 fully saturated rings. The van der Waals surface area contributed by atoms with Gasteiger partial charge in [0.1, 0.15) is 6.61 Å². The molecule has 0 aromatic heterocycles. The minimum absolute atomic E-state index is 0.0772. The van der Waals surface area contributed by atoms with E-state index in [1.54, 1.807) is 0 Å². The van der Waals surface area contributed by atoms with Gasteiger partial charge in [-0.1, -0.05) is 331 Å². The molecule has 5 nitrogen and oxygen atoms in total. The third-order valence-corrected chi connectivity index (χ3v) is 14.7. The third kappa shape index (κ3) is 71.5. The number of unbranched alkanes of at least 4 members (excludes halogenated alkanes) is 25. The van der Waals surface area contributed by atoms with Crippen molar-refractivity contribution in [2.45, 2.75) is 302 Å². The van der Waals surface area contributed by atoms with Gasteiger partial charge in [0.2, 0.25) is 0 Å². The summed E-state index contributed by atoms with van der Waals surface area (Å²) in [5.74, 6) is -0.600. The van der Waals surface area contributed by atoms with Gasteiger partial charge in [0, 0.05) is 12.8 Å². The quantitative estimate of drug-likeness (QED) is 0.0373. The van der Waals surface area contributed by atoms with Gasteiger partial charge in [0.15, 0.2) is 6.10 Å². The molecule has 0 rings (SSSR count). The fourth-order valence-corrected chi connectivity index (χ4v) is 9.49. The molecule has 0 saturated heterocycles. The molecule has 0 aromatic carbocycles. The Balaban J connectivity index is 3.54. The summed E-state index contributed by atoms with van der Waals surface area (Å²) in [7, 11) is 0. The smallest absolute Gasteiger partial charge is 0.306 e. The Bertz CT molecular complexity index is 1920. The molecule has 0 aliphatic heterocycles. The SMILES string of the molecule is CC/C=C\C/C=C\C/C=C\C/C=C\C/C=C\C/C=C\C/C=C\C/C=C\CCCCCCCCCCCCCCCCCCC(=O)OC(CO)COC(=O)CCCCCCCCCCC/C=C\C/C=C\C/C=C\C/C=C\C/C=C\C/C=C\C/C=C\CC. The fourth-order valence-electron chi connectivity index (χ4n) is 9.49. The summed E-state index contributed by atoms with van der Waals surface area (Å²) in [5, 5.41) is 9.71. The third-order valence-electron chi connectivity index (χ3n) is 14.7. The lowest BCUT2D eigenvalue weighted by molar-refractivity contribution is -0.161. The number of aliphatic hydroxyl groups excluding tert-OH is 1. The molecule has 0 heterocycles. The molecule has 0 spiro atoms. The summed E-state index contributed by atoms with van der Waals surface area (Å²) in [6, 6.07) is 0. The molecule has 1 N–H and O–H groups in total. The van der Waals surface area contributed by atoms with Crippen LogP contribution in [0, 0.1) is 0 Å². The van der Waals surface area contributed by atoms with Crippen molar-refractivity contribution >= 4 is 11.9 Å². The van der Waals surface area contributed by atoms with Crippen molar-refractivity contribution in [3.05, 3.63) is 182 Å². The summed E-state index contributed by atoms with van der Waals surface area (Å²) in [6.45, 7) is 3.91. The maximum absolute atomic E-state index is 12.4. The van der Waals surface area contributed by atoms with Crippen molar-refractivity contribution in [2.75, 3.05) is 13.2 Å². The van der Waals surface area contributed by atoms with E-state index in [9.17, 15) is 14.7 Å². The highest BCUT2D eigenvalue weighted by Gasteiger charge is 2.16. The van der Waals surface area contributed by atoms with Crippen LogP contribution in [0.2, 0.25) is 0 Å². The minimum atomic E-state index is -0.788. The number of esters is 2. The van der Waals surface area contributed by atoms with Crippen LogP contribution in [0.25, 0.3) is 0 Å². The van der Waals surface area contributed by atoms with E-state index in [-0.39, 0.29) is 25.2 Å². The second kappa shape index (κ2) is 74.3. The number of carbonyl (C=O) groups excluding carboxylic acids is 2. The Morgan fingerprint density at radius 3 is 0.698 bits per heavy atom. The van der Waals surface area contributed by atoms with Crippen molar-refractivity contribution in [1.82, 2.24) is 0 Å². The zero-order chi connectivity index (χ0) is 61.9. The molecule has 0 aliphatic rings. The Labute approximate surface area is 531 Å². The van der Waals surface area contributed by atoms with Gasteiger partial charge >= 0.3 is 11.9 Å². The van der Waals surface area contributed by atoms with E-state index in [2.05, 4.69) is 196 Å². The number of carbonyl (C=O) groups is 2. The lowest BCUT2D eigenvalue weighted by atomic mass is 10.0. The van der Waals surface area contributed by atoms with E-state index in [4.69, 9.17) is 9.47 Å². The predicted molar refractivity (Wildman–Crippen MR) is 380 cm³/mol. The second-order valence-corrected chi connectivity index (χ2v) is 22.8. The van der Waals surface area contributed by atoms with Gasteiger partial charge in [0.05, 0.1) is 6.61 Å². The summed E-state index contributed by atoms with van der Waals surface area (Å²) in [4.78, 5) is 24.7. The van der Waals surface area contributed by atoms with Gasteiger partial charge in [-0.15, -0.1) is 0 Å². The Kier molecular flexibility index (Phi) is 69.9. The molecule has 0 amide bonds. The second-order valence-electron chi connectivity index (χ2n) is 22.8. The lowest BCUT2D eigenvalue weighted by Gasteiger charge is -2.15. The van der Waals surface area contributed by atoms with Crippen LogP contribution in [-0.2, 0) is 19.1 Å². The van der Waals surface area contributed by atoms with Crippen LogP contribution in [-0.4, -0.2) is 36.4 Å². The van der Waals surface area contributed by atoms with Gasteiger partial charge in [-0.05, 0) is 135 Å². The van der Waals surface area contributed by atoms with Crippen LogP contribution in [0.1, 0.15) is 296 Å². The molecule has 0 aromatic rings. The van der Waals surface area contributed by atoms with Gasteiger partial charge in [-0.25, -0.2) is 0 Å². The summed E-state index contributed by atoms with van der Waals surface area (Å²) in [6.07, 6.45) is 116. The molecule has 0 radical (unpaired) electrons. The fraction of sp³-hybridized carbons (Fsp3) is 0.605. The van der Waals surface area contributed by atoms with E-state index >= 15 is 0 Å². The van der Waals surface area contributed by atoms with Crippen molar-refractivity contribution in [3.8, 4) is 0 Å². The number of hydrogen-bond acceptors (Lipinski definition) is 5. The highest BCUT2D eigenvalue weighted by atomic mass is 16.6. The number of ether oxygens (including phenoxy) is 2. The zero-order valence-corrected chi connectivity index (χ0v) is 55.5. The normalized spacial score (nSPS) is 13.4. The summed E-state index contributed by atoms with van der Waals surface area (Å²) in [5.41, 5.74) is 0. The van der Waals surface area contributed by atoms with Crippen molar-refractivity contribution in [2.24, 2.45) is 0 Å². The predicted octanol–water partition coefficient (Wildman–Crippen LogP) is 25.0. The van der Waals surface area contributed by atoms with Crippen LogP contribution in [0.4, 0.5) is 0 Å². The molecule has 0 saturated carbocycles. The zero-order valence-electron chi connectivity index (χ0n) is 55.5. The van der Waals surface area contributed by atoms with Crippen LogP contribution < -0.4 is 0 Å². The summed E-state index contributed by atoms with van der Waals surface area (Å²) >= 11 is 0. The molecular formula is C81H130O5. The van der Waals surface area contributed by atoms with E-state index < -0.39 is 6.10 Å². The van der Waals surface area contributed by atoms with Crippen LogP contribution in [0.15, 0.2) is 182 Å².